The summed E-state index contributed by atoms with van der Waals surface area (Å²) in [7, 11) is -2.37. The summed E-state index contributed by atoms with van der Waals surface area (Å²) in [5, 5.41) is 0.285. The molecule has 0 bridgehead atoms. The van der Waals surface area contributed by atoms with Crippen molar-refractivity contribution >= 4 is 38.9 Å². The molecule has 112 valence electrons. The van der Waals surface area contributed by atoms with E-state index in [9.17, 15) is 8.42 Å². The molecule has 0 aliphatic carbocycles. The fraction of sp³-hybridized carbons (Fsp3) is 0.154. The molecule has 0 radical (unpaired) electrons. The van der Waals surface area contributed by atoms with Crippen molar-refractivity contribution in [3.63, 3.8) is 0 Å². The number of aromatic nitrogens is 1. The third-order valence-corrected chi connectivity index (χ3v) is 4.71. The number of anilines is 1. The Kier molecular flexibility index (Phi) is 4.61. The van der Waals surface area contributed by atoms with Gasteiger partial charge in [-0.05, 0) is 36.8 Å². The Bertz CT molecular complexity index is 759. The van der Waals surface area contributed by atoms with Crippen LogP contribution in [-0.4, -0.2) is 20.5 Å². The van der Waals surface area contributed by atoms with Crippen molar-refractivity contribution in [1.29, 1.82) is 0 Å². The summed E-state index contributed by atoms with van der Waals surface area (Å²) in [5.41, 5.74) is 0.907. The van der Waals surface area contributed by atoms with Crippen LogP contribution in [0, 0.1) is 6.92 Å². The van der Waals surface area contributed by atoms with Gasteiger partial charge in [0, 0.05) is 6.20 Å². The Morgan fingerprint density at radius 1 is 1.24 bits per heavy atom. The Balaban J connectivity index is 2.41. The quantitative estimate of drug-likeness (QED) is 0.860. The molecular weight excluding hydrogens is 335 g/mol. The van der Waals surface area contributed by atoms with E-state index in [-0.39, 0.29) is 20.8 Å². The van der Waals surface area contributed by atoms with E-state index in [4.69, 9.17) is 27.9 Å². The number of nitrogens with one attached hydrogen (secondary N) is 1. The van der Waals surface area contributed by atoms with Crippen LogP contribution in [0.25, 0.3) is 0 Å². The first-order valence-corrected chi connectivity index (χ1v) is 8.06. The number of sulfonamides is 1. The van der Waals surface area contributed by atoms with E-state index < -0.39 is 10.0 Å². The zero-order valence-corrected chi connectivity index (χ0v) is 13.6. The van der Waals surface area contributed by atoms with Gasteiger partial charge < -0.3 is 4.74 Å². The molecule has 5 nitrogen and oxygen atoms in total. The molecule has 0 unspecified atom stereocenters. The Hall–Kier alpha value is -1.50. The predicted molar refractivity (Wildman–Crippen MR) is 82.8 cm³/mol. The van der Waals surface area contributed by atoms with E-state index in [1.807, 2.05) is 0 Å². The molecule has 0 atom stereocenters. The van der Waals surface area contributed by atoms with Crippen LogP contribution in [0.5, 0.6) is 5.75 Å². The van der Waals surface area contributed by atoms with Gasteiger partial charge in [0.15, 0.2) is 5.15 Å². The van der Waals surface area contributed by atoms with Crippen molar-refractivity contribution in [2.45, 2.75) is 11.8 Å². The van der Waals surface area contributed by atoms with Crippen molar-refractivity contribution < 1.29 is 13.2 Å². The number of benzene rings is 1. The lowest BCUT2D eigenvalue weighted by molar-refractivity contribution is 0.414. The third kappa shape index (κ3) is 3.40. The van der Waals surface area contributed by atoms with Gasteiger partial charge >= 0.3 is 0 Å². The van der Waals surface area contributed by atoms with Gasteiger partial charge in [-0.25, -0.2) is 13.4 Å². The van der Waals surface area contributed by atoms with Gasteiger partial charge in [0.1, 0.15) is 5.75 Å². The van der Waals surface area contributed by atoms with E-state index in [0.717, 1.165) is 0 Å². The summed E-state index contributed by atoms with van der Waals surface area (Å²) in [6, 6.07) is 5.84. The molecule has 0 amide bonds. The molecule has 1 aromatic heterocycles. The first-order valence-electron chi connectivity index (χ1n) is 5.82. The Labute approximate surface area is 132 Å². The van der Waals surface area contributed by atoms with Crippen molar-refractivity contribution in [3.05, 3.63) is 46.2 Å². The van der Waals surface area contributed by atoms with E-state index >= 15 is 0 Å². The minimum absolute atomic E-state index is 0.00706. The van der Waals surface area contributed by atoms with Crippen LogP contribution < -0.4 is 9.46 Å². The number of methoxy groups -OCH3 is 1. The topological polar surface area (TPSA) is 68.3 Å². The molecule has 0 aliphatic rings. The lowest BCUT2D eigenvalue weighted by atomic mass is 10.3. The highest BCUT2D eigenvalue weighted by atomic mass is 35.5. The molecule has 0 saturated heterocycles. The summed E-state index contributed by atoms with van der Waals surface area (Å²) < 4.78 is 32.1. The van der Waals surface area contributed by atoms with Gasteiger partial charge in [-0.1, -0.05) is 23.2 Å². The standard InChI is InChI=1S/C13H12Cl2N2O3S/c1-8-5-6-16-13(15)12(8)17-21(18,19)9-3-4-11(20-2)10(14)7-9/h3-7,17H,1-2H3. The highest BCUT2D eigenvalue weighted by Gasteiger charge is 2.19. The minimum atomic E-state index is -3.82. The van der Waals surface area contributed by atoms with Crippen LogP contribution in [0.1, 0.15) is 5.56 Å². The van der Waals surface area contributed by atoms with Crippen LogP contribution in [0.4, 0.5) is 5.69 Å². The first kappa shape index (κ1) is 15.9. The monoisotopic (exact) mass is 346 g/mol. The Morgan fingerprint density at radius 2 is 1.95 bits per heavy atom. The van der Waals surface area contributed by atoms with E-state index in [2.05, 4.69) is 9.71 Å². The third-order valence-electron chi connectivity index (χ3n) is 2.78. The second-order valence-electron chi connectivity index (χ2n) is 4.20. The van der Waals surface area contributed by atoms with Gasteiger partial charge in [-0.3, -0.25) is 4.72 Å². The summed E-state index contributed by atoms with van der Waals surface area (Å²) in [6.07, 6.45) is 1.50. The second kappa shape index (κ2) is 6.09. The summed E-state index contributed by atoms with van der Waals surface area (Å²) in [6.45, 7) is 1.73. The summed E-state index contributed by atoms with van der Waals surface area (Å²) in [5.74, 6) is 0.395. The van der Waals surface area contributed by atoms with E-state index in [1.54, 1.807) is 13.0 Å². The summed E-state index contributed by atoms with van der Waals surface area (Å²) in [4.78, 5) is 3.86. The maximum atomic E-state index is 12.4. The van der Waals surface area contributed by atoms with Gasteiger partial charge in [-0.2, -0.15) is 0 Å². The van der Waals surface area contributed by atoms with Crippen LogP contribution in [0.3, 0.4) is 0 Å². The number of rotatable bonds is 4. The van der Waals surface area contributed by atoms with Crippen LogP contribution in [0.2, 0.25) is 10.2 Å². The average Bonchev–Trinajstić information content (AvgIpc) is 2.43. The van der Waals surface area contributed by atoms with Crippen molar-refractivity contribution in [1.82, 2.24) is 4.98 Å². The predicted octanol–water partition coefficient (Wildman–Crippen LogP) is 3.51. The number of pyridine rings is 1. The maximum absolute atomic E-state index is 12.4. The number of nitrogens with zero attached hydrogens (tertiary/aromatic N) is 1. The van der Waals surface area contributed by atoms with Crippen LogP contribution in [-0.2, 0) is 10.0 Å². The number of halogens is 2. The molecule has 0 saturated carbocycles. The molecule has 1 heterocycles. The van der Waals surface area contributed by atoms with E-state index in [0.29, 0.717) is 11.3 Å². The smallest absolute Gasteiger partial charge is 0.262 e. The second-order valence-corrected chi connectivity index (χ2v) is 6.64. The van der Waals surface area contributed by atoms with Gasteiger partial charge in [0.2, 0.25) is 0 Å². The Morgan fingerprint density at radius 3 is 2.52 bits per heavy atom. The first-order chi connectivity index (χ1) is 9.85. The van der Waals surface area contributed by atoms with Crippen LogP contribution >= 0.6 is 23.2 Å². The molecule has 0 aliphatic heterocycles. The fourth-order valence-corrected chi connectivity index (χ4v) is 3.45. The molecule has 2 rings (SSSR count). The molecule has 2 aromatic rings. The normalized spacial score (nSPS) is 11.2. The molecular formula is C13H12Cl2N2O3S. The lowest BCUT2D eigenvalue weighted by Gasteiger charge is -2.12. The molecule has 8 heteroatoms. The number of hydrogen-bond acceptors (Lipinski definition) is 4. The molecule has 0 spiro atoms. The minimum Gasteiger partial charge on any atom is -0.495 e. The maximum Gasteiger partial charge on any atom is 0.262 e. The molecule has 21 heavy (non-hydrogen) atoms. The largest absolute Gasteiger partial charge is 0.495 e. The van der Waals surface area contributed by atoms with E-state index in [1.165, 1.54) is 31.5 Å². The van der Waals surface area contributed by atoms with Gasteiger partial charge in [0.05, 0.1) is 22.7 Å². The van der Waals surface area contributed by atoms with Gasteiger partial charge in [0.25, 0.3) is 10.0 Å². The van der Waals surface area contributed by atoms with Crippen molar-refractivity contribution in [2.24, 2.45) is 0 Å². The average molecular weight is 347 g/mol. The fourth-order valence-electron chi connectivity index (χ4n) is 1.66. The SMILES string of the molecule is COc1ccc(S(=O)(=O)Nc2c(C)ccnc2Cl)cc1Cl. The highest BCUT2D eigenvalue weighted by molar-refractivity contribution is 7.92. The molecule has 1 N–H and O–H groups in total. The zero-order chi connectivity index (χ0) is 15.6. The molecule has 1 aromatic carbocycles. The number of aryl methyl sites for hydroxylation is 1. The molecule has 0 fully saturated rings. The zero-order valence-electron chi connectivity index (χ0n) is 11.2. The van der Waals surface area contributed by atoms with Gasteiger partial charge in [-0.15, -0.1) is 0 Å². The lowest BCUT2D eigenvalue weighted by Crippen LogP contribution is -2.14. The van der Waals surface area contributed by atoms with Crippen molar-refractivity contribution in [3.8, 4) is 5.75 Å². The summed E-state index contributed by atoms with van der Waals surface area (Å²) >= 11 is 11.9. The number of ether oxygens (including phenoxy) is 1. The van der Waals surface area contributed by atoms with Crippen LogP contribution in [0.15, 0.2) is 35.4 Å². The highest BCUT2D eigenvalue weighted by Crippen LogP contribution is 2.30. The van der Waals surface area contributed by atoms with Crippen molar-refractivity contribution in [2.75, 3.05) is 11.8 Å². The number of hydrogen-bond donors (Lipinski definition) is 1.